The molecule has 320 valence electrons. The fourth-order valence-electron chi connectivity index (χ4n) is 9.84. The minimum Gasteiger partial charge on any atom is -0.455 e. The van der Waals surface area contributed by atoms with Gasteiger partial charge in [0.15, 0.2) is 0 Å². The quantitative estimate of drug-likeness (QED) is 0.136. The van der Waals surface area contributed by atoms with Gasteiger partial charge in [-0.1, -0.05) is 218 Å². The normalized spacial score (nSPS) is 11.2. The van der Waals surface area contributed by atoms with Crippen molar-refractivity contribution in [1.82, 2.24) is 0 Å². The summed E-state index contributed by atoms with van der Waals surface area (Å²) in [6, 6.07) is 98.1. The van der Waals surface area contributed by atoms with Crippen molar-refractivity contribution in [2.24, 2.45) is 0 Å². The summed E-state index contributed by atoms with van der Waals surface area (Å²) in [6.07, 6.45) is 0. The van der Waals surface area contributed by atoms with E-state index in [1.165, 1.54) is 44.5 Å². The number of hydrogen-bond acceptors (Lipinski definition) is 2. The molecule has 0 amide bonds. The number of rotatable bonds is 10. The molecule has 12 rings (SSSR count). The molecule has 2 heteroatoms. The third-order valence-electron chi connectivity index (χ3n) is 13.1. The molecule has 0 radical (unpaired) electrons. The lowest BCUT2D eigenvalue weighted by Gasteiger charge is -2.29. The summed E-state index contributed by atoms with van der Waals surface area (Å²) in [5.74, 6) is 0. The zero-order chi connectivity index (χ0) is 45.2. The Morgan fingerprint density at radius 2 is 0.676 bits per heavy atom. The molecule has 0 aliphatic carbocycles. The Morgan fingerprint density at radius 1 is 0.235 bits per heavy atom. The number of para-hydroxylation sites is 3. The summed E-state index contributed by atoms with van der Waals surface area (Å²) in [7, 11) is 0. The first-order valence-electron chi connectivity index (χ1n) is 23.2. The van der Waals surface area contributed by atoms with Gasteiger partial charge < -0.3 is 9.32 Å². The van der Waals surface area contributed by atoms with Crippen molar-refractivity contribution in [3.63, 3.8) is 0 Å². The van der Waals surface area contributed by atoms with E-state index < -0.39 is 0 Å². The highest BCUT2D eigenvalue weighted by atomic mass is 16.3. The van der Waals surface area contributed by atoms with E-state index in [1.54, 1.807) is 0 Å². The van der Waals surface area contributed by atoms with E-state index in [-0.39, 0.29) is 0 Å². The molecule has 0 bridgehead atoms. The molecule has 0 aliphatic rings. The molecule has 0 spiro atoms. The maximum Gasteiger partial charge on any atom is 0.143 e. The van der Waals surface area contributed by atoms with Crippen LogP contribution in [0.5, 0.6) is 0 Å². The molecule has 0 unspecified atom stereocenters. The van der Waals surface area contributed by atoms with Crippen molar-refractivity contribution in [3.8, 4) is 77.9 Å². The Morgan fingerprint density at radius 3 is 1.32 bits per heavy atom. The van der Waals surface area contributed by atoms with Crippen LogP contribution in [-0.4, -0.2) is 0 Å². The Hall–Kier alpha value is -8.98. The molecule has 0 N–H and O–H groups in total. The van der Waals surface area contributed by atoms with E-state index in [0.717, 1.165) is 72.4 Å². The lowest BCUT2D eigenvalue weighted by Crippen LogP contribution is -2.11. The van der Waals surface area contributed by atoms with Crippen LogP contribution in [0.1, 0.15) is 0 Å². The van der Waals surface area contributed by atoms with Crippen LogP contribution in [-0.2, 0) is 0 Å². The zero-order valence-electron chi connectivity index (χ0n) is 37.3. The standard InChI is InChI=1S/C66H45NO/c1-4-20-46(21-5-1)51-42-52(47-22-6-2-7-23-47)44-53(43-51)48-38-40-54(41-39-48)67(55-27-18-26-50(45-55)57-34-19-35-63-62-33-15-17-37-65(62)68-66(57)63)64-36-16-14-32-61(64)60-31-13-12-30-59(60)58-29-11-10-28-56(58)49-24-8-3-9-25-49/h1-45H. The van der Waals surface area contributed by atoms with Gasteiger partial charge in [0.2, 0.25) is 0 Å². The fourth-order valence-corrected chi connectivity index (χ4v) is 9.84. The smallest absolute Gasteiger partial charge is 0.143 e. The topological polar surface area (TPSA) is 16.4 Å². The van der Waals surface area contributed by atoms with Gasteiger partial charge in [-0.2, -0.15) is 0 Å². The van der Waals surface area contributed by atoms with Crippen LogP contribution >= 0.6 is 0 Å². The van der Waals surface area contributed by atoms with Gasteiger partial charge in [-0.3, -0.25) is 0 Å². The van der Waals surface area contributed by atoms with Gasteiger partial charge >= 0.3 is 0 Å². The van der Waals surface area contributed by atoms with Gasteiger partial charge in [-0.25, -0.2) is 0 Å². The van der Waals surface area contributed by atoms with E-state index in [1.807, 2.05) is 12.1 Å². The first kappa shape index (κ1) is 40.5. The van der Waals surface area contributed by atoms with Crippen LogP contribution in [0.25, 0.3) is 99.8 Å². The van der Waals surface area contributed by atoms with Crippen LogP contribution in [0.3, 0.4) is 0 Å². The van der Waals surface area contributed by atoms with Crippen LogP contribution < -0.4 is 4.90 Å². The molecule has 0 saturated carbocycles. The van der Waals surface area contributed by atoms with E-state index in [4.69, 9.17) is 4.42 Å². The number of nitrogens with zero attached hydrogens (tertiary/aromatic N) is 1. The first-order chi connectivity index (χ1) is 33.7. The van der Waals surface area contributed by atoms with Crippen LogP contribution in [0.15, 0.2) is 277 Å². The molecular weight excluding hydrogens is 823 g/mol. The number of benzene rings is 11. The van der Waals surface area contributed by atoms with Crippen LogP contribution in [0.4, 0.5) is 17.1 Å². The lowest BCUT2D eigenvalue weighted by molar-refractivity contribution is 0.670. The van der Waals surface area contributed by atoms with E-state index in [2.05, 4.69) is 266 Å². The average Bonchev–Trinajstić information content (AvgIpc) is 3.81. The molecule has 0 saturated heterocycles. The monoisotopic (exact) mass is 867 g/mol. The maximum atomic E-state index is 6.60. The van der Waals surface area contributed by atoms with Crippen LogP contribution in [0.2, 0.25) is 0 Å². The third-order valence-corrected chi connectivity index (χ3v) is 13.1. The van der Waals surface area contributed by atoms with Crippen LogP contribution in [0, 0.1) is 0 Å². The maximum absolute atomic E-state index is 6.60. The highest BCUT2D eigenvalue weighted by Gasteiger charge is 2.22. The molecule has 68 heavy (non-hydrogen) atoms. The van der Waals surface area contributed by atoms with Gasteiger partial charge in [-0.15, -0.1) is 0 Å². The molecule has 0 fully saturated rings. The summed E-state index contributed by atoms with van der Waals surface area (Å²) in [4.78, 5) is 2.41. The van der Waals surface area contributed by atoms with Crippen molar-refractivity contribution < 1.29 is 4.42 Å². The Balaban J connectivity index is 1.03. The Kier molecular flexibility index (Phi) is 10.6. The molecular formula is C66H45NO. The summed E-state index contributed by atoms with van der Waals surface area (Å²) in [6.45, 7) is 0. The summed E-state index contributed by atoms with van der Waals surface area (Å²) < 4.78 is 6.60. The second kappa shape index (κ2) is 17.8. The number of hydrogen-bond donors (Lipinski definition) is 0. The second-order valence-corrected chi connectivity index (χ2v) is 17.2. The average molecular weight is 868 g/mol. The molecule has 0 aliphatic heterocycles. The van der Waals surface area contributed by atoms with Crippen molar-refractivity contribution in [3.05, 3.63) is 273 Å². The van der Waals surface area contributed by atoms with Crippen molar-refractivity contribution in [2.45, 2.75) is 0 Å². The third kappa shape index (κ3) is 7.64. The first-order valence-corrected chi connectivity index (χ1v) is 23.2. The Bertz CT molecular complexity index is 3660. The highest BCUT2D eigenvalue weighted by molar-refractivity contribution is 6.10. The summed E-state index contributed by atoms with van der Waals surface area (Å²) in [5.41, 5.74) is 21.2. The van der Waals surface area contributed by atoms with Crippen molar-refractivity contribution in [2.75, 3.05) is 4.90 Å². The lowest BCUT2D eigenvalue weighted by atomic mass is 9.88. The minimum absolute atomic E-state index is 0.888. The molecule has 2 nitrogen and oxygen atoms in total. The van der Waals surface area contributed by atoms with Gasteiger partial charge in [0, 0.05) is 33.3 Å². The van der Waals surface area contributed by atoms with Gasteiger partial charge in [-0.05, 0) is 121 Å². The summed E-state index contributed by atoms with van der Waals surface area (Å²) >= 11 is 0. The van der Waals surface area contributed by atoms with E-state index in [9.17, 15) is 0 Å². The minimum atomic E-state index is 0.888. The largest absolute Gasteiger partial charge is 0.455 e. The predicted octanol–water partition coefficient (Wildman–Crippen LogP) is 18.7. The Labute approximate surface area is 397 Å². The van der Waals surface area contributed by atoms with Gasteiger partial charge in [0.1, 0.15) is 11.2 Å². The molecule has 12 aromatic rings. The van der Waals surface area contributed by atoms with Gasteiger partial charge in [0.05, 0.1) is 5.69 Å². The predicted molar refractivity (Wildman–Crippen MR) is 286 cm³/mol. The molecule has 11 aromatic carbocycles. The number of anilines is 3. The SMILES string of the molecule is c1ccc(-c2cc(-c3ccccc3)cc(-c3ccc(N(c4cccc(-c5cccc6c5oc5ccccc56)c4)c4ccccc4-c4ccccc4-c4ccccc4-c4ccccc4)cc3)c2)cc1. The molecule has 0 atom stereocenters. The molecule has 1 aromatic heterocycles. The zero-order valence-corrected chi connectivity index (χ0v) is 37.3. The highest BCUT2D eigenvalue weighted by Crippen LogP contribution is 2.47. The van der Waals surface area contributed by atoms with E-state index >= 15 is 0 Å². The summed E-state index contributed by atoms with van der Waals surface area (Å²) in [5, 5.41) is 2.23. The van der Waals surface area contributed by atoms with E-state index in [0.29, 0.717) is 0 Å². The number of furan rings is 1. The van der Waals surface area contributed by atoms with Gasteiger partial charge in [0.25, 0.3) is 0 Å². The van der Waals surface area contributed by atoms with Crippen molar-refractivity contribution >= 4 is 39.0 Å². The number of fused-ring (bicyclic) bond motifs is 3. The fraction of sp³-hybridized carbons (Fsp3) is 0. The second-order valence-electron chi connectivity index (χ2n) is 17.2. The van der Waals surface area contributed by atoms with Crippen molar-refractivity contribution in [1.29, 1.82) is 0 Å². The molecule has 1 heterocycles.